The highest BCUT2D eigenvalue weighted by Gasteiger charge is 2.14. The molecule has 0 aliphatic carbocycles. The summed E-state index contributed by atoms with van der Waals surface area (Å²) in [5.74, 6) is 0. The van der Waals surface area contributed by atoms with E-state index >= 15 is 0 Å². The van der Waals surface area contributed by atoms with Crippen LogP contribution in [0.15, 0.2) is 0 Å². The summed E-state index contributed by atoms with van der Waals surface area (Å²) in [6.07, 6.45) is -2.82. The number of nitrogens with one attached hydrogen (secondary N) is 1. The van der Waals surface area contributed by atoms with Crippen LogP contribution in [0.1, 0.15) is 20.8 Å². The molecule has 0 saturated carbocycles. The molecule has 0 radical (unpaired) electrons. The second kappa shape index (κ2) is 10.2. The van der Waals surface area contributed by atoms with E-state index in [1.807, 2.05) is 0 Å². The van der Waals surface area contributed by atoms with Gasteiger partial charge in [-0.05, 0) is 20.8 Å². The number of ether oxygens (including phenoxy) is 2. The maximum atomic E-state index is 10.9. The zero-order chi connectivity index (χ0) is 13.9. The largest absolute Gasteiger partial charge is 0.444 e. The average molecular weight is 257 g/mol. The second-order valence-corrected chi connectivity index (χ2v) is 4.00. The highest BCUT2D eigenvalue weighted by molar-refractivity contribution is 5.67. The molecule has 0 aliphatic heterocycles. The summed E-state index contributed by atoms with van der Waals surface area (Å²) in [6, 6.07) is 0. The number of hydrogen-bond acceptors (Lipinski definition) is 4. The van der Waals surface area contributed by atoms with Gasteiger partial charge in [-0.1, -0.05) is 0 Å². The quantitative estimate of drug-likeness (QED) is 0.799. The van der Waals surface area contributed by atoms with E-state index in [1.54, 1.807) is 20.8 Å². The first-order valence-corrected chi connectivity index (χ1v) is 5.07. The molecular formula is C10H21F2NO4. The van der Waals surface area contributed by atoms with Crippen molar-refractivity contribution in [1.82, 2.24) is 5.32 Å². The zero-order valence-corrected chi connectivity index (χ0v) is 10.6. The summed E-state index contributed by atoms with van der Waals surface area (Å²) in [4.78, 5) is 10.8. The van der Waals surface area contributed by atoms with E-state index in [9.17, 15) is 13.6 Å². The predicted octanol–water partition coefficient (Wildman–Crippen LogP) is 1.40. The van der Waals surface area contributed by atoms with Gasteiger partial charge in [0.05, 0.1) is 6.61 Å². The van der Waals surface area contributed by atoms with Gasteiger partial charge in [0.25, 0.3) is 6.43 Å². The molecule has 0 saturated heterocycles. The molecule has 0 aromatic rings. The van der Waals surface area contributed by atoms with Crippen LogP contribution < -0.4 is 5.32 Å². The summed E-state index contributed by atoms with van der Waals surface area (Å²) in [6.45, 7) is 5.05. The zero-order valence-electron chi connectivity index (χ0n) is 10.6. The summed E-state index contributed by atoms with van der Waals surface area (Å²) >= 11 is 0. The predicted molar refractivity (Wildman–Crippen MR) is 59.2 cm³/mol. The Labute approximate surface area is 100 Å². The number of hydrogen-bond donors (Lipinski definition) is 2. The number of aliphatic hydroxyl groups is 1. The van der Waals surface area contributed by atoms with E-state index in [1.165, 1.54) is 7.11 Å². The molecule has 0 aromatic heterocycles. The molecule has 0 aromatic carbocycles. The van der Waals surface area contributed by atoms with Crippen molar-refractivity contribution in [3.8, 4) is 0 Å². The third-order valence-electron chi connectivity index (χ3n) is 1.07. The number of carbonyl (C=O) groups is 1. The third-order valence-corrected chi connectivity index (χ3v) is 1.07. The topological polar surface area (TPSA) is 67.8 Å². The van der Waals surface area contributed by atoms with Crippen LogP contribution in [0.3, 0.4) is 0 Å². The SMILES string of the molecule is CC(C)(C)OC(=O)NCCO.COCC(F)F. The van der Waals surface area contributed by atoms with Gasteiger partial charge < -0.3 is 19.9 Å². The van der Waals surface area contributed by atoms with E-state index in [0.29, 0.717) is 0 Å². The van der Waals surface area contributed by atoms with E-state index in [2.05, 4.69) is 10.1 Å². The van der Waals surface area contributed by atoms with E-state index in [4.69, 9.17) is 9.84 Å². The van der Waals surface area contributed by atoms with Crippen LogP contribution in [-0.2, 0) is 9.47 Å². The minimum atomic E-state index is -2.32. The number of carbonyl (C=O) groups excluding carboxylic acids is 1. The van der Waals surface area contributed by atoms with Crippen LogP contribution in [0.2, 0.25) is 0 Å². The summed E-state index contributed by atoms with van der Waals surface area (Å²) in [5, 5.41) is 10.7. The van der Waals surface area contributed by atoms with E-state index in [-0.39, 0.29) is 13.2 Å². The Kier molecular flexibility index (Phi) is 11.1. The van der Waals surface area contributed by atoms with Crippen LogP contribution in [0.5, 0.6) is 0 Å². The molecule has 0 atom stereocenters. The molecule has 2 N–H and O–H groups in total. The van der Waals surface area contributed by atoms with Crippen molar-refractivity contribution in [3.05, 3.63) is 0 Å². The Morgan fingerprint density at radius 1 is 1.41 bits per heavy atom. The van der Waals surface area contributed by atoms with Gasteiger partial charge in [0.1, 0.15) is 12.2 Å². The van der Waals surface area contributed by atoms with E-state index < -0.39 is 24.7 Å². The molecule has 5 nitrogen and oxygen atoms in total. The molecule has 0 spiro atoms. The van der Waals surface area contributed by atoms with Crippen LogP contribution >= 0.6 is 0 Å². The average Bonchev–Trinajstić information content (AvgIpc) is 2.12. The number of methoxy groups -OCH3 is 1. The van der Waals surface area contributed by atoms with Crippen molar-refractivity contribution in [2.45, 2.75) is 32.8 Å². The summed E-state index contributed by atoms with van der Waals surface area (Å²) in [7, 11) is 1.24. The molecule has 0 heterocycles. The fourth-order valence-electron chi connectivity index (χ4n) is 0.598. The van der Waals surface area contributed by atoms with Crippen molar-refractivity contribution in [3.63, 3.8) is 0 Å². The summed E-state index contributed by atoms with van der Waals surface area (Å²) < 4.78 is 30.8. The van der Waals surface area contributed by atoms with Gasteiger partial charge in [0, 0.05) is 13.7 Å². The van der Waals surface area contributed by atoms with Gasteiger partial charge in [-0.25, -0.2) is 13.6 Å². The Hall–Kier alpha value is -0.950. The standard InChI is InChI=1S/C7H15NO3.C3H6F2O/c1-7(2,3)11-6(10)8-4-5-9;1-6-2-3(4)5/h9H,4-5H2,1-3H3,(H,8,10);3H,2H2,1H3. The molecule has 0 aliphatic rings. The van der Waals surface area contributed by atoms with Gasteiger partial charge in [-0.15, -0.1) is 0 Å². The van der Waals surface area contributed by atoms with Crippen molar-refractivity contribution >= 4 is 6.09 Å². The highest BCUT2D eigenvalue weighted by Crippen LogP contribution is 2.05. The van der Waals surface area contributed by atoms with Gasteiger partial charge in [-0.2, -0.15) is 0 Å². The fraction of sp³-hybridized carbons (Fsp3) is 0.900. The van der Waals surface area contributed by atoms with Gasteiger partial charge in [0.2, 0.25) is 0 Å². The lowest BCUT2D eigenvalue weighted by molar-refractivity contribution is 0.0425. The Morgan fingerprint density at radius 3 is 2.18 bits per heavy atom. The summed E-state index contributed by atoms with van der Waals surface area (Å²) in [5.41, 5.74) is -0.473. The maximum Gasteiger partial charge on any atom is 0.407 e. The Morgan fingerprint density at radius 2 is 1.94 bits per heavy atom. The number of aliphatic hydroxyl groups excluding tert-OH is 1. The van der Waals surface area contributed by atoms with Crippen molar-refractivity contribution in [2.24, 2.45) is 0 Å². The second-order valence-electron chi connectivity index (χ2n) is 4.00. The molecule has 0 fully saturated rings. The molecule has 0 unspecified atom stereocenters. The van der Waals surface area contributed by atoms with Gasteiger partial charge in [0.15, 0.2) is 0 Å². The number of halogens is 2. The van der Waals surface area contributed by atoms with Crippen molar-refractivity contribution in [1.29, 1.82) is 0 Å². The number of amides is 1. The first-order chi connectivity index (χ1) is 7.72. The Balaban J connectivity index is 0. The molecule has 1 amide bonds. The van der Waals surface area contributed by atoms with Gasteiger partial charge >= 0.3 is 6.09 Å². The molecule has 104 valence electrons. The number of alkyl halides is 2. The third kappa shape index (κ3) is 21.0. The minimum Gasteiger partial charge on any atom is -0.444 e. The molecule has 0 bridgehead atoms. The lowest BCUT2D eigenvalue weighted by Crippen LogP contribution is -2.33. The molecule has 17 heavy (non-hydrogen) atoms. The number of rotatable bonds is 4. The van der Waals surface area contributed by atoms with Gasteiger partial charge in [-0.3, -0.25) is 0 Å². The monoisotopic (exact) mass is 257 g/mol. The fourth-order valence-corrected chi connectivity index (χ4v) is 0.598. The normalized spacial score (nSPS) is 10.6. The lowest BCUT2D eigenvalue weighted by atomic mass is 10.2. The van der Waals surface area contributed by atoms with Crippen LogP contribution in [0, 0.1) is 0 Å². The van der Waals surface area contributed by atoms with Crippen LogP contribution in [-0.4, -0.2) is 50.1 Å². The minimum absolute atomic E-state index is 0.0702. The Bertz CT molecular complexity index is 195. The lowest BCUT2D eigenvalue weighted by Gasteiger charge is -2.19. The maximum absolute atomic E-state index is 10.9. The van der Waals surface area contributed by atoms with Crippen LogP contribution in [0.25, 0.3) is 0 Å². The smallest absolute Gasteiger partial charge is 0.407 e. The van der Waals surface area contributed by atoms with E-state index in [0.717, 1.165) is 0 Å². The number of alkyl carbamates (subject to hydrolysis) is 1. The van der Waals surface area contributed by atoms with Crippen molar-refractivity contribution in [2.75, 3.05) is 26.9 Å². The first kappa shape index (κ1) is 18.4. The van der Waals surface area contributed by atoms with Crippen molar-refractivity contribution < 1.29 is 28.2 Å². The first-order valence-electron chi connectivity index (χ1n) is 5.07. The molecule has 7 heteroatoms. The molecular weight excluding hydrogens is 236 g/mol. The highest BCUT2D eigenvalue weighted by atomic mass is 19.3. The van der Waals surface area contributed by atoms with Crippen LogP contribution in [0.4, 0.5) is 13.6 Å². The molecule has 0 rings (SSSR count).